The van der Waals surface area contributed by atoms with Gasteiger partial charge in [0.15, 0.2) is 11.5 Å². The average Bonchev–Trinajstić information content (AvgIpc) is 3.07. The van der Waals surface area contributed by atoms with Gasteiger partial charge in [0, 0.05) is 24.2 Å². The molecule has 6 nitrogen and oxygen atoms in total. The molecule has 2 aromatic heterocycles. The maximum absolute atomic E-state index is 12.0. The number of amides is 1. The number of aromatic nitrogens is 2. The SMILES string of the molecule is CCOc1ccccc1Oc1ccc(CNC(=O)Cc2csc(C)n2)cn1. The summed E-state index contributed by atoms with van der Waals surface area (Å²) in [4.78, 5) is 20.6. The smallest absolute Gasteiger partial charge is 0.226 e. The second-order valence-corrected chi connectivity index (χ2v) is 6.86. The predicted molar refractivity (Wildman–Crippen MR) is 104 cm³/mol. The largest absolute Gasteiger partial charge is 0.490 e. The van der Waals surface area contributed by atoms with Gasteiger partial charge in [-0.1, -0.05) is 18.2 Å². The number of hydrogen-bond acceptors (Lipinski definition) is 6. The van der Waals surface area contributed by atoms with Gasteiger partial charge in [0.25, 0.3) is 0 Å². The van der Waals surface area contributed by atoms with E-state index in [-0.39, 0.29) is 12.3 Å². The zero-order valence-electron chi connectivity index (χ0n) is 15.3. The van der Waals surface area contributed by atoms with Gasteiger partial charge < -0.3 is 14.8 Å². The van der Waals surface area contributed by atoms with Crippen molar-refractivity contribution in [1.82, 2.24) is 15.3 Å². The van der Waals surface area contributed by atoms with Gasteiger partial charge in [0.05, 0.1) is 23.7 Å². The minimum atomic E-state index is -0.0636. The third kappa shape index (κ3) is 5.52. The van der Waals surface area contributed by atoms with Crippen LogP contribution in [0.4, 0.5) is 0 Å². The van der Waals surface area contributed by atoms with Crippen LogP contribution in [0, 0.1) is 6.92 Å². The molecule has 0 saturated carbocycles. The molecule has 0 saturated heterocycles. The van der Waals surface area contributed by atoms with Crippen molar-refractivity contribution < 1.29 is 14.3 Å². The van der Waals surface area contributed by atoms with Crippen LogP contribution in [0.3, 0.4) is 0 Å². The van der Waals surface area contributed by atoms with Crippen LogP contribution in [-0.4, -0.2) is 22.5 Å². The molecule has 3 aromatic rings. The van der Waals surface area contributed by atoms with E-state index < -0.39 is 0 Å². The Morgan fingerprint density at radius 3 is 2.67 bits per heavy atom. The summed E-state index contributed by atoms with van der Waals surface area (Å²) in [5.74, 6) is 1.70. The highest BCUT2D eigenvalue weighted by Gasteiger charge is 2.08. The summed E-state index contributed by atoms with van der Waals surface area (Å²) in [5.41, 5.74) is 1.69. The van der Waals surface area contributed by atoms with E-state index in [1.807, 2.05) is 49.6 Å². The van der Waals surface area contributed by atoms with Crippen molar-refractivity contribution in [1.29, 1.82) is 0 Å². The van der Waals surface area contributed by atoms with Crippen LogP contribution >= 0.6 is 11.3 Å². The van der Waals surface area contributed by atoms with E-state index in [4.69, 9.17) is 9.47 Å². The van der Waals surface area contributed by atoms with Crippen LogP contribution in [-0.2, 0) is 17.8 Å². The molecule has 0 bridgehead atoms. The second kappa shape index (κ2) is 9.14. The summed E-state index contributed by atoms with van der Waals surface area (Å²) < 4.78 is 11.3. The van der Waals surface area contributed by atoms with E-state index in [1.165, 1.54) is 0 Å². The zero-order chi connectivity index (χ0) is 19.1. The molecule has 1 N–H and O–H groups in total. The van der Waals surface area contributed by atoms with E-state index in [2.05, 4.69) is 15.3 Å². The lowest BCUT2D eigenvalue weighted by atomic mass is 10.2. The highest BCUT2D eigenvalue weighted by atomic mass is 32.1. The number of nitrogens with zero attached hydrogens (tertiary/aromatic N) is 2. The number of benzene rings is 1. The number of carbonyl (C=O) groups excluding carboxylic acids is 1. The summed E-state index contributed by atoms with van der Waals surface area (Å²) in [5, 5.41) is 5.74. The number of aryl methyl sites for hydroxylation is 1. The summed E-state index contributed by atoms with van der Waals surface area (Å²) in [6.07, 6.45) is 1.97. The number of nitrogens with one attached hydrogen (secondary N) is 1. The van der Waals surface area contributed by atoms with Gasteiger partial charge in [-0.3, -0.25) is 4.79 Å². The fraction of sp³-hybridized carbons (Fsp3) is 0.250. The van der Waals surface area contributed by atoms with Crippen LogP contribution < -0.4 is 14.8 Å². The van der Waals surface area contributed by atoms with Crippen molar-refractivity contribution in [2.24, 2.45) is 0 Å². The molecule has 140 valence electrons. The van der Waals surface area contributed by atoms with Gasteiger partial charge in [-0.2, -0.15) is 0 Å². The highest BCUT2D eigenvalue weighted by Crippen LogP contribution is 2.30. The van der Waals surface area contributed by atoms with Gasteiger partial charge in [0.1, 0.15) is 0 Å². The molecule has 0 radical (unpaired) electrons. The molecule has 7 heteroatoms. The molecule has 27 heavy (non-hydrogen) atoms. The van der Waals surface area contributed by atoms with Crippen molar-refractivity contribution in [2.75, 3.05) is 6.61 Å². The third-order valence-electron chi connectivity index (χ3n) is 3.66. The molecular weight excluding hydrogens is 362 g/mol. The van der Waals surface area contributed by atoms with Crippen LogP contribution in [0.2, 0.25) is 0 Å². The first-order valence-corrected chi connectivity index (χ1v) is 9.54. The normalized spacial score (nSPS) is 10.4. The van der Waals surface area contributed by atoms with E-state index in [9.17, 15) is 4.79 Å². The Morgan fingerprint density at radius 1 is 1.19 bits per heavy atom. The number of para-hydroxylation sites is 2. The Balaban J connectivity index is 1.53. The molecule has 0 aliphatic carbocycles. The Morgan fingerprint density at radius 2 is 2.00 bits per heavy atom. The minimum Gasteiger partial charge on any atom is -0.490 e. The van der Waals surface area contributed by atoms with Crippen LogP contribution in [0.5, 0.6) is 17.4 Å². The molecule has 0 aliphatic heterocycles. The van der Waals surface area contributed by atoms with Crippen LogP contribution in [0.1, 0.15) is 23.2 Å². The number of rotatable bonds is 8. The predicted octanol–water partition coefficient (Wildman–Crippen LogP) is 3.90. The molecule has 2 heterocycles. The number of pyridine rings is 1. The van der Waals surface area contributed by atoms with Crippen molar-refractivity contribution in [3.63, 3.8) is 0 Å². The van der Waals surface area contributed by atoms with E-state index in [0.29, 0.717) is 30.5 Å². The van der Waals surface area contributed by atoms with Gasteiger partial charge in [-0.05, 0) is 31.5 Å². The van der Waals surface area contributed by atoms with E-state index in [0.717, 1.165) is 16.3 Å². The topological polar surface area (TPSA) is 73.3 Å². The lowest BCUT2D eigenvalue weighted by molar-refractivity contribution is -0.120. The van der Waals surface area contributed by atoms with Crippen molar-refractivity contribution >= 4 is 17.2 Å². The number of thiazole rings is 1. The maximum atomic E-state index is 12.0. The molecule has 1 amide bonds. The van der Waals surface area contributed by atoms with Gasteiger partial charge in [0.2, 0.25) is 11.8 Å². The first-order valence-electron chi connectivity index (χ1n) is 8.66. The molecule has 0 aliphatic rings. The number of ether oxygens (including phenoxy) is 2. The molecule has 0 unspecified atom stereocenters. The monoisotopic (exact) mass is 383 g/mol. The molecular formula is C20H21N3O3S. The Labute approximate surface area is 162 Å². The lowest BCUT2D eigenvalue weighted by Crippen LogP contribution is -2.24. The van der Waals surface area contributed by atoms with Crippen LogP contribution in [0.15, 0.2) is 48.0 Å². The Hall–Kier alpha value is -2.93. The first-order chi connectivity index (χ1) is 13.1. The summed E-state index contributed by atoms with van der Waals surface area (Å²) in [6.45, 7) is 4.82. The van der Waals surface area contributed by atoms with E-state index >= 15 is 0 Å². The van der Waals surface area contributed by atoms with Gasteiger partial charge >= 0.3 is 0 Å². The highest BCUT2D eigenvalue weighted by molar-refractivity contribution is 7.09. The molecule has 0 atom stereocenters. The molecule has 0 fully saturated rings. The zero-order valence-corrected chi connectivity index (χ0v) is 16.1. The van der Waals surface area contributed by atoms with Crippen molar-refractivity contribution in [3.8, 4) is 17.4 Å². The van der Waals surface area contributed by atoms with E-state index in [1.54, 1.807) is 23.6 Å². The van der Waals surface area contributed by atoms with Gasteiger partial charge in [-0.15, -0.1) is 11.3 Å². The summed E-state index contributed by atoms with van der Waals surface area (Å²) >= 11 is 1.54. The maximum Gasteiger partial charge on any atom is 0.226 e. The number of hydrogen-bond donors (Lipinski definition) is 1. The standard InChI is InChI=1S/C20H21N3O3S/c1-3-25-17-6-4-5-7-18(17)26-20-9-8-15(12-22-20)11-21-19(24)10-16-13-27-14(2)23-16/h4-9,12-13H,3,10-11H2,1-2H3,(H,21,24). The summed E-state index contributed by atoms with van der Waals surface area (Å²) in [7, 11) is 0. The Kier molecular flexibility index (Phi) is 6.38. The summed E-state index contributed by atoms with van der Waals surface area (Å²) in [6, 6.07) is 11.1. The Bertz CT molecular complexity index is 893. The number of carbonyl (C=O) groups is 1. The molecule has 1 aromatic carbocycles. The quantitative estimate of drug-likeness (QED) is 0.639. The van der Waals surface area contributed by atoms with Crippen LogP contribution in [0.25, 0.3) is 0 Å². The fourth-order valence-corrected chi connectivity index (χ4v) is 3.03. The molecule has 0 spiro atoms. The first kappa shape index (κ1) is 18.8. The molecule has 3 rings (SSSR count). The fourth-order valence-electron chi connectivity index (χ4n) is 2.41. The lowest BCUT2D eigenvalue weighted by Gasteiger charge is -2.11. The minimum absolute atomic E-state index is 0.0636. The average molecular weight is 383 g/mol. The third-order valence-corrected chi connectivity index (χ3v) is 4.48. The second-order valence-electron chi connectivity index (χ2n) is 5.80. The van der Waals surface area contributed by atoms with Gasteiger partial charge in [-0.25, -0.2) is 9.97 Å². The van der Waals surface area contributed by atoms with Crippen molar-refractivity contribution in [2.45, 2.75) is 26.8 Å². The van der Waals surface area contributed by atoms with Crippen molar-refractivity contribution in [3.05, 3.63) is 64.2 Å².